The third kappa shape index (κ3) is 3.51. The van der Waals surface area contributed by atoms with Gasteiger partial charge in [0.05, 0.1) is 11.8 Å². The van der Waals surface area contributed by atoms with E-state index in [2.05, 4.69) is 22.1 Å². The lowest BCUT2D eigenvalue weighted by molar-refractivity contribution is -0.114. The summed E-state index contributed by atoms with van der Waals surface area (Å²) in [6, 6.07) is 0. The molecule has 18 heavy (non-hydrogen) atoms. The van der Waals surface area contributed by atoms with Crippen LogP contribution in [0.3, 0.4) is 0 Å². The maximum atomic E-state index is 10.9. The summed E-state index contributed by atoms with van der Waals surface area (Å²) < 4.78 is 0. The maximum absolute atomic E-state index is 10.9. The van der Waals surface area contributed by atoms with Gasteiger partial charge in [-0.25, -0.2) is 4.98 Å². The average Bonchev–Trinajstić information content (AvgIpc) is 2.70. The summed E-state index contributed by atoms with van der Waals surface area (Å²) in [5.74, 6) is 0.282. The number of aromatic nitrogens is 1. The first-order valence-corrected chi connectivity index (χ1v) is 7.05. The Morgan fingerprint density at radius 2 is 2.50 bits per heavy atom. The van der Waals surface area contributed by atoms with Gasteiger partial charge in [-0.3, -0.25) is 9.69 Å². The van der Waals surface area contributed by atoms with Gasteiger partial charge in [0.1, 0.15) is 0 Å². The highest BCUT2D eigenvalue weighted by atomic mass is 32.1. The second kappa shape index (κ2) is 5.77. The second-order valence-corrected chi connectivity index (χ2v) is 5.75. The highest BCUT2D eigenvalue weighted by molar-refractivity contribution is 7.13. The summed E-state index contributed by atoms with van der Waals surface area (Å²) in [5, 5.41) is 15.1. The molecule has 0 radical (unpaired) electrons. The Bertz CT molecular complexity index is 421. The minimum atomic E-state index is -0.243. The molecule has 1 aromatic heterocycles. The highest BCUT2D eigenvalue weighted by Crippen LogP contribution is 2.21. The smallest absolute Gasteiger partial charge is 0.223 e. The molecule has 2 heterocycles. The van der Waals surface area contributed by atoms with Crippen LogP contribution in [0.25, 0.3) is 0 Å². The van der Waals surface area contributed by atoms with Crippen LogP contribution in [0.4, 0.5) is 5.13 Å². The van der Waals surface area contributed by atoms with Gasteiger partial charge in [0, 0.05) is 25.4 Å². The number of aliphatic hydroxyl groups is 1. The Hall–Kier alpha value is -0.980. The molecule has 2 rings (SSSR count). The van der Waals surface area contributed by atoms with Gasteiger partial charge < -0.3 is 10.4 Å². The summed E-state index contributed by atoms with van der Waals surface area (Å²) in [5.41, 5.74) is 0.950. The number of nitrogens with one attached hydrogen (secondary N) is 1. The fourth-order valence-electron chi connectivity index (χ4n) is 2.07. The number of likely N-dealkylation sites (tertiary alicyclic amines) is 1. The molecule has 6 heteroatoms. The zero-order valence-corrected chi connectivity index (χ0v) is 11.5. The molecule has 0 saturated carbocycles. The predicted octanol–water partition coefficient (Wildman–Crippen LogP) is 1.30. The fourth-order valence-corrected chi connectivity index (χ4v) is 2.82. The first kappa shape index (κ1) is 13.5. The Balaban J connectivity index is 1.89. The average molecular weight is 269 g/mol. The van der Waals surface area contributed by atoms with E-state index in [1.54, 1.807) is 0 Å². The second-order valence-electron chi connectivity index (χ2n) is 4.89. The summed E-state index contributed by atoms with van der Waals surface area (Å²) in [6.07, 6.45) is 0.774. The summed E-state index contributed by atoms with van der Waals surface area (Å²) in [4.78, 5) is 17.5. The SMILES string of the molecule is CC(=O)Nc1nc(CN2CCC(C)C(O)C2)cs1. The van der Waals surface area contributed by atoms with Crippen LogP contribution in [0.15, 0.2) is 5.38 Å². The Labute approximate surface area is 111 Å². The molecule has 2 N–H and O–H groups in total. The van der Waals surface area contributed by atoms with Gasteiger partial charge in [-0.2, -0.15) is 0 Å². The molecule has 1 aromatic rings. The minimum Gasteiger partial charge on any atom is -0.392 e. The van der Waals surface area contributed by atoms with Crippen molar-refractivity contribution in [2.45, 2.75) is 32.9 Å². The summed E-state index contributed by atoms with van der Waals surface area (Å²) in [7, 11) is 0. The molecular formula is C12H19N3O2S. The number of thiazole rings is 1. The number of piperidine rings is 1. The normalized spacial score (nSPS) is 25.1. The predicted molar refractivity (Wildman–Crippen MR) is 71.5 cm³/mol. The van der Waals surface area contributed by atoms with Gasteiger partial charge in [0.2, 0.25) is 5.91 Å². The van der Waals surface area contributed by atoms with Crippen LogP contribution in [0.2, 0.25) is 0 Å². The van der Waals surface area contributed by atoms with Crippen LogP contribution in [0.5, 0.6) is 0 Å². The van der Waals surface area contributed by atoms with Gasteiger partial charge in [-0.1, -0.05) is 6.92 Å². The van der Waals surface area contributed by atoms with Crippen LogP contribution in [0, 0.1) is 5.92 Å². The number of β-amino-alcohol motifs (C(OH)–C–C–N with tert-alkyl or cyclic N) is 1. The number of amides is 1. The van der Waals surface area contributed by atoms with Gasteiger partial charge >= 0.3 is 0 Å². The van der Waals surface area contributed by atoms with E-state index in [-0.39, 0.29) is 12.0 Å². The lowest BCUT2D eigenvalue weighted by Gasteiger charge is -2.33. The van der Waals surface area contributed by atoms with Crippen molar-refractivity contribution in [3.05, 3.63) is 11.1 Å². The van der Waals surface area contributed by atoms with Crippen molar-refractivity contribution in [2.75, 3.05) is 18.4 Å². The third-order valence-electron chi connectivity index (χ3n) is 3.22. The number of nitrogens with zero attached hydrogens (tertiary/aromatic N) is 2. The molecule has 0 bridgehead atoms. The molecule has 1 aliphatic heterocycles. The summed E-state index contributed by atoms with van der Waals surface area (Å²) in [6.45, 7) is 5.99. The molecule has 0 aromatic carbocycles. The van der Waals surface area contributed by atoms with Gasteiger partial charge in [0.15, 0.2) is 5.13 Å². The minimum absolute atomic E-state index is 0.0990. The largest absolute Gasteiger partial charge is 0.392 e. The molecule has 2 atom stereocenters. The van der Waals surface area contributed by atoms with Crippen molar-refractivity contribution in [3.8, 4) is 0 Å². The topological polar surface area (TPSA) is 65.5 Å². The first-order valence-electron chi connectivity index (χ1n) is 6.17. The van der Waals surface area contributed by atoms with E-state index in [0.29, 0.717) is 17.6 Å². The lowest BCUT2D eigenvalue weighted by Crippen LogP contribution is -2.42. The van der Waals surface area contributed by atoms with Gasteiger partial charge in [-0.05, 0) is 18.9 Å². The number of aliphatic hydroxyl groups excluding tert-OH is 1. The van der Waals surface area contributed by atoms with Crippen molar-refractivity contribution in [3.63, 3.8) is 0 Å². The van der Waals surface area contributed by atoms with Crippen molar-refractivity contribution in [1.29, 1.82) is 0 Å². The number of hydrogen-bond acceptors (Lipinski definition) is 5. The Kier molecular flexibility index (Phi) is 4.31. The van der Waals surface area contributed by atoms with Crippen molar-refractivity contribution in [2.24, 2.45) is 5.92 Å². The molecule has 1 fully saturated rings. The van der Waals surface area contributed by atoms with E-state index in [9.17, 15) is 9.90 Å². The van der Waals surface area contributed by atoms with E-state index in [4.69, 9.17) is 0 Å². The van der Waals surface area contributed by atoms with Crippen LogP contribution in [-0.4, -0.2) is 40.1 Å². The molecule has 1 saturated heterocycles. The quantitative estimate of drug-likeness (QED) is 0.868. The summed E-state index contributed by atoms with van der Waals surface area (Å²) >= 11 is 1.44. The molecule has 0 spiro atoms. The highest BCUT2D eigenvalue weighted by Gasteiger charge is 2.24. The van der Waals surface area contributed by atoms with Crippen LogP contribution in [-0.2, 0) is 11.3 Å². The number of anilines is 1. The van der Waals surface area contributed by atoms with Gasteiger partial charge in [0.25, 0.3) is 0 Å². The van der Waals surface area contributed by atoms with Crippen molar-refractivity contribution < 1.29 is 9.90 Å². The zero-order valence-electron chi connectivity index (χ0n) is 10.7. The number of rotatable bonds is 3. The molecule has 100 valence electrons. The monoisotopic (exact) mass is 269 g/mol. The van der Waals surface area contributed by atoms with E-state index in [1.807, 2.05) is 5.38 Å². The van der Waals surface area contributed by atoms with Gasteiger partial charge in [-0.15, -0.1) is 11.3 Å². The number of carbonyl (C=O) groups is 1. The standard InChI is InChI=1S/C12H19N3O2S/c1-8-3-4-15(6-11(8)17)5-10-7-18-12(14-10)13-9(2)16/h7-8,11,17H,3-6H2,1-2H3,(H,13,14,16). The molecule has 1 amide bonds. The fraction of sp³-hybridized carbons (Fsp3) is 0.667. The Morgan fingerprint density at radius 1 is 1.72 bits per heavy atom. The maximum Gasteiger partial charge on any atom is 0.223 e. The van der Waals surface area contributed by atoms with E-state index < -0.39 is 0 Å². The molecule has 5 nitrogen and oxygen atoms in total. The zero-order chi connectivity index (χ0) is 13.1. The first-order chi connectivity index (χ1) is 8.54. The molecule has 0 aliphatic carbocycles. The lowest BCUT2D eigenvalue weighted by atomic mass is 9.96. The number of hydrogen-bond donors (Lipinski definition) is 2. The molecule has 2 unspecified atom stereocenters. The van der Waals surface area contributed by atoms with Crippen molar-refractivity contribution >= 4 is 22.4 Å². The van der Waals surface area contributed by atoms with E-state index in [1.165, 1.54) is 18.3 Å². The van der Waals surface area contributed by atoms with E-state index in [0.717, 1.165) is 25.2 Å². The third-order valence-corrected chi connectivity index (χ3v) is 4.03. The van der Waals surface area contributed by atoms with Crippen LogP contribution in [0.1, 0.15) is 26.0 Å². The Morgan fingerprint density at radius 3 is 3.17 bits per heavy atom. The number of carbonyl (C=O) groups excluding carboxylic acids is 1. The van der Waals surface area contributed by atoms with Crippen LogP contribution >= 0.6 is 11.3 Å². The van der Waals surface area contributed by atoms with Crippen LogP contribution < -0.4 is 5.32 Å². The molecular weight excluding hydrogens is 250 g/mol. The molecule has 1 aliphatic rings. The van der Waals surface area contributed by atoms with E-state index >= 15 is 0 Å². The van der Waals surface area contributed by atoms with Crippen molar-refractivity contribution in [1.82, 2.24) is 9.88 Å².